The highest BCUT2D eigenvalue weighted by Gasteiger charge is 2.30. The van der Waals surface area contributed by atoms with Crippen LogP contribution in [0.25, 0.3) is 16.9 Å². The van der Waals surface area contributed by atoms with E-state index in [1.165, 1.54) is 4.57 Å². The third-order valence-electron chi connectivity index (χ3n) is 5.05. The number of nitrogens with zero attached hydrogens (tertiary/aromatic N) is 2. The number of carbonyl (C=O) groups excluding carboxylic acids is 1. The Morgan fingerprint density at radius 1 is 1.10 bits per heavy atom. The van der Waals surface area contributed by atoms with Gasteiger partial charge in [-0.15, -0.1) is 0 Å². The predicted octanol–water partition coefficient (Wildman–Crippen LogP) is 5.26. The molecule has 4 aromatic rings. The molecule has 0 fully saturated rings. The maximum absolute atomic E-state index is 13.4. The van der Waals surface area contributed by atoms with E-state index in [4.69, 9.17) is 4.74 Å². The largest absolute Gasteiger partial charge is 0.503 e. The lowest BCUT2D eigenvalue weighted by Gasteiger charge is -2.13. The summed E-state index contributed by atoms with van der Waals surface area (Å²) in [6.45, 7) is 1.95. The Morgan fingerprint density at radius 2 is 1.84 bits per heavy atom. The average molecular weight is 479 g/mol. The number of hydrogen-bond acceptors (Lipinski definition) is 5. The van der Waals surface area contributed by atoms with Gasteiger partial charge in [0.1, 0.15) is 5.75 Å². The third kappa shape index (κ3) is 3.68. The number of ketones is 1. The summed E-state index contributed by atoms with van der Waals surface area (Å²) in [7, 11) is 1.54. The van der Waals surface area contributed by atoms with E-state index in [1.54, 1.807) is 62.0 Å². The van der Waals surface area contributed by atoms with Crippen LogP contribution in [0.3, 0.4) is 0 Å². The van der Waals surface area contributed by atoms with Crippen molar-refractivity contribution in [2.75, 3.05) is 7.11 Å². The lowest BCUT2D eigenvalue weighted by molar-refractivity contribution is 0.103. The van der Waals surface area contributed by atoms with Gasteiger partial charge in [-0.3, -0.25) is 14.3 Å². The maximum Gasteiger partial charge on any atom is 0.240 e. The summed E-state index contributed by atoms with van der Waals surface area (Å²) in [4.78, 5) is 17.6. The van der Waals surface area contributed by atoms with Crippen molar-refractivity contribution in [2.45, 2.75) is 6.92 Å². The van der Waals surface area contributed by atoms with Gasteiger partial charge in [-0.2, -0.15) is 0 Å². The van der Waals surface area contributed by atoms with Crippen LogP contribution >= 0.6 is 15.9 Å². The van der Waals surface area contributed by atoms with Gasteiger partial charge in [0.05, 0.1) is 24.1 Å². The van der Waals surface area contributed by atoms with Gasteiger partial charge in [0, 0.05) is 28.0 Å². The summed E-state index contributed by atoms with van der Waals surface area (Å²) in [6.07, 6.45) is 3.20. The predicted molar refractivity (Wildman–Crippen MR) is 121 cm³/mol. The van der Waals surface area contributed by atoms with Gasteiger partial charge in [0.15, 0.2) is 11.5 Å². The molecule has 0 atom stereocenters. The third-order valence-corrected chi connectivity index (χ3v) is 5.90. The summed E-state index contributed by atoms with van der Waals surface area (Å²) in [5.74, 6) is -0.736. The van der Waals surface area contributed by atoms with Crippen molar-refractivity contribution in [3.63, 3.8) is 0 Å². The molecule has 2 aromatic heterocycles. The lowest BCUT2D eigenvalue weighted by Crippen LogP contribution is -2.05. The second kappa shape index (κ2) is 8.28. The molecule has 0 aliphatic heterocycles. The average Bonchev–Trinajstić information content (AvgIpc) is 3.06. The number of aromatic nitrogens is 2. The number of aromatic hydroxyl groups is 2. The van der Waals surface area contributed by atoms with Crippen molar-refractivity contribution in [2.24, 2.45) is 0 Å². The molecule has 0 saturated carbocycles. The Kier molecular flexibility index (Phi) is 5.52. The van der Waals surface area contributed by atoms with Crippen molar-refractivity contribution < 1.29 is 19.7 Å². The number of carbonyl (C=O) groups is 1. The summed E-state index contributed by atoms with van der Waals surface area (Å²) in [5, 5.41) is 21.7. The minimum Gasteiger partial charge on any atom is -0.503 e. The van der Waals surface area contributed by atoms with Crippen LogP contribution in [0.2, 0.25) is 0 Å². The van der Waals surface area contributed by atoms with Crippen LogP contribution < -0.4 is 4.74 Å². The van der Waals surface area contributed by atoms with E-state index in [0.29, 0.717) is 28.3 Å². The fourth-order valence-corrected chi connectivity index (χ4v) is 3.76. The van der Waals surface area contributed by atoms with Crippen LogP contribution in [0.4, 0.5) is 0 Å². The first-order valence-electron chi connectivity index (χ1n) is 9.44. The molecule has 0 unspecified atom stereocenters. The number of ether oxygens (including phenoxy) is 1. The van der Waals surface area contributed by atoms with E-state index in [-0.39, 0.29) is 5.56 Å². The first-order valence-corrected chi connectivity index (χ1v) is 10.2. The molecule has 0 amide bonds. The molecule has 2 aromatic carbocycles. The van der Waals surface area contributed by atoms with Crippen LogP contribution in [-0.2, 0) is 0 Å². The molecule has 0 radical (unpaired) electrons. The number of pyridine rings is 1. The second-order valence-electron chi connectivity index (χ2n) is 6.96. The molecule has 6 nitrogen and oxygen atoms in total. The van der Waals surface area contributed by atoms with E-state index in [1.807, 2.05) is 19.1 Å². The van der Waals surface area contributed by atoms with E-state index in [9.17, 15) is 15.0 Å². The minimum atomic E-state index is -0.489. The standard InChI is InChI=1S/C24H19BrN2O4/c1-14-5-8-17(12-19(14)25)27-21(16-4-3-11-26-13-16)20(23(29)24(27)30)22(28)15-6-9-18(31-2)10-7-15/h3-13,29-30H,1-2H3. The van der Waals surface area contributed by atoms with E-state index < -0.39 is 17.4 Å². The van der Waals surface area contributed by atoms with E-state index in [0.717, 1.165) is 10.0 Å². The molecule has 2 heterocycles. The first-order chi connectivity index (χ1) is 14.9. The molecular formula is C24H19BrN2O4. The highest BCUT2D eigenvalue weighted by molar-refractivity contribution is 9.10. The Labute approximate surface area is 187 Å². The zero-order valence-electron chi connectivity index (χ0n) is 16.8. The van der Waals surface area contributed by atoms with Gasteiger partial charge in [0.2, 0.25) is 5.88 Å². The van der Waals surface area contributed by atoms with Crippen LogP contribution in [0.5, 0.6) is 17.4 Å². The van der Waals surface area contributed by atoms with Crippen molar-refractivity contribution in [1.29, 1.82) is 0 Å². The zero-order chi connectivity index (χ0) is 22.1. The SMILES string of the molecule is COc1ccc(C(=O)c2c(O)c(O)n(-c3ccc(C)c(Br)c3)c2-c2cccnc2)cc1. The Morgan fingerprint density at radius 3 is 2.45 bits per heavy atom. The van der Waals surface area contributed by atoms with Gasteiger partial charge in [-0.05, 0) is 61.0 Å². The van der Waals surface area contributed by atoms with Gasteiger partial charge < -0.3 is 14.9 Å². The van der Waals surface area contributed by atoms with Crippen LogP contribution in [0, 0.1) is 6.92 Å². The summed E-state index contributed by atoms with van der Waals surface area (Å²) in [6, 6.07) is 15.6. The molecule has 4 rings (SSSR count). The summed E-state index contributed by atoms with van der Waals surface area (Å²) >= 11 is 3.50. The van der Waals surface area contributed by atoms with Gasteiger partial charge in [-0.25, -0.2) is 0 Å². The number of hydrogen-bond donors (Lipinski definition) is 2. The number of methoxy groups -OCH3 is 1. The summed E-state index contributed by atoms with van der Waals surface area (Å²) < 4.78 is 7.44. The van der Waals surface area contributed by atoms with Crippen molar-refractivity contribution in [3.05, 3.63) is 88.2 Å². The number of halogens is 1. The van der Waals surface area contributed by atoms with Gasteiger partial charge in [-0.1, -0.05) is 22.0 Å². The van der Waals surface area contributed by atoms with E-state index >= 15 is 0 Å². The monoisotopic (exact) mass is 478 g/mol. The highest BCUT2D eigenvalue weighted by atomic mass is 79.9. The van der Waals surface area contributed by atoms with Crippen LogP contribution in [-0.4, -0.2) is 32.7 Å². The molecule has 0 spiro atoms. The van der Waals surface area contributed by atoms with Gasteiger partial charge >= 0.3 is 0 Å². The van der Waals surface area contributed by atoms with E-state index in [2.05, 4.69) is 20.9 Å². The normalized spacial score (nSPS) is 10.8. The number of benzene rings is 2. The topological polar surface area (TPSA) is 84.6 Å². The number of aryl methyl sites for hydroxylation is 1. The minimum absolute atomic E-state index is 0.00707. The fourth-order valence-electron chi connectivity index (χ4n) is 3.40. The second-order valence-corrected chi connectivity index (χ2v) is 7.82. The van der Waals surface area contributed by atoms with Crippen molar-refractivity contribution in [1.82, 2.24) is 9.55 Å². The first kappa shape index (κ1) is 20.7. The Balaban J connectivity index is 1.99. The molecule has 31 heavy (non-hydrogen) atoms. The summed E-state index contributed by atoms with van der Waals surface area (Å²) in [5.41, 5.74) is 2.86. The molecule has 0 bridgehead atoms. The Hall–Kier alpha value is -3.58. The quantitative estimate of drug-likeness (QED) is 0.382. The Bertz CT molecular complexity index is 1270. The molecule has 0 aliphatic carbocycles. The molecule has 0 saturated heterocycles. The van der Waals surface area contributed by atoms with Crippen molar-refractivity contribution in [3.8, 4) is 34.3 Å². The smallest absolute Gasteiger partial charge is 0.240 e. The lowest BCUT2D eigenvalue weighted by atomic mass is 9.99. The van der Waals surface area contributed by atoms with Crippen LogP contribution in [0.1, 0.15) is 21.5 Å². The van der Waals surface area contributed by atoms with Crippen LogP contribution in [0.15, 0.2) is 71.5 Å². The molecular weight excluding hydrogens is 460 g/mol. The van der Waals surface area contributed by atoms with Crippen molar-refractivity contribution >= 4 is 21.7 Å². The zero-order valence-corrected chi connectivity index (χ0v) is 18.4. The molecule has 156 valence electrons. The van der Waals surface area contributed by atoms with Gasteiger partial charge in [0.25, 0.3) is 0 Å². The molecule has 2 N–H and O–H groups in total. The number of rotatable bonds is 5. The highest BCUT2D eigenvalue weighted by Crippen LogP contribution is 2.44. The fraction of sp³-hybridized carbons (Fsp3) is 0.0833. The molecule has 0 aliphatic rings. The molecule has 7 heteroatoms. The maximum atomic E-state index is 13.4.